The lowest BCUT2D eigenvalue weighted by Crippen LogP contribution is -2.22. The fourth-order valence-corrected chi connectivity index (χ4v) is 3.39. The van der Waals surface area contributed by atoms with Crippen molar-refractivity contribution in [1.82, 2.24) is 24.9 Å². The number of ether oxygens (including phenoxy) is 2. The molecule has 35 heavy (non-hydrogen) atoms. The summed E-state index contributed by atoms with van der Waals surface area (Å²) in [5, 5.41) is 5.67. The number of carbonyl (C=O) groups is 1. The van der Waals surface area contributed by atoms with Gasteiger partial charge in [0, 0.05) is 43.4 Å². The molecule has 10 nitrogen and oxygen atoms in total. The summed E-state index contributed by atoms with van der Waals surface area (Å²) in [6.07, 6.45) is 4.81. The minimum absolute atomic E-state index is 0.173. The number of nitrogens with one attached hydrogen (secondary N) is 2. The van der Waals surface area contributed by atoms with Crippen LogP contribution in [-0.4, -0.2) is 50.6 Å². The molecule has 4 heterocycles. The van der Waals surface area contributed by atoms with Crippen LogP contribution in [0.1, 0.15) is 44.1 Å². The Morgan fingerprint density at radius 3 is 2.57 bits per heavy atom. The van der Waals surface area contributed by atoms with Gasteiger partial charge in [0.15, 0.2) is 0 Å². The third kappa shape index (κ3) is 6.08. The number of anilines is 3. The highest BCUT2D eigenvalue weighted by Gasteiger charge is 2.29. The third-order valence-electron chi connectivity index (χ3n) is 5.10. The average molecular weight is 485 g/mol. The number of nitrogens with zero attached hydrogens (tertiary/aromatic N) is 5. The smallest absolute Gasteiger partial charge is 0.303 e. The van der Waals surface area contributed by atoms with Crippen molar-refractivity contribution < 1.29 is 23.0 Å². The van der Waals surface area contributed by atoms with Crippen molar-refractivity contribution in [1.29, 1.82) is 0 Å². The van der Waals surface area contributed by atoms with Crippen molar-refractivity contribution in [2.24, 2.45) is 0 Å². The summed E-state index contributed by atoms with van der Waals surface area (Å²) in [6, 6.07) is 3.16. The second-order valence-electron chi connectivity index (χ2n) is 7.99. The number of halogens is 2. The lowest BCUT2D eigenvalue weighted by molar-refractivity contribution is -0.114. The topological polar surface area (TPSA) is 124 Å². The monoisotopic (exact) mass is 485 g/mol. The maximum absolute atomic E-state index is 14.0. The molecule has 0 aromatic carbocycles. The van der Waals surface area contributed by atoms with Crippen molar-refractivity contribution in [3.8, 4) is 11.3 Å². The van der Waals surface area contributed by atoms with Crippen molar-refractivity contribution >= 4 is 23.2 Å². The lowest BCUT2D eigenvalue weighted by Gasteiger charge is -2.22. The van der Waals surface area contributed by atoms with Gasteiger partial charge in [0.25, 0.3) is 0 Å². The maximum Gasteiger partial charge on any atom is 0.303 e. The number of amides is 1. The first kappa shape index (κ1) is 24.5. The summed E-state index contributed by atoms with van der Waals surface area (Å²) >= 11 is 0. The summed E-state index contributed by atoms with van der Waals surface area (Å²) in [5.41, 5.74) is 2.52. The van der Waals surface area contributed by atoms with Gasteiger partial charge in [0.1, 0.15) is 17.7 Å². The van der Waals surface area contributed by atoms with Gasteiger partial charge in [0.2, 0.25) is 11.7 Å². The number of rotatable bonds is 7. The van der Waals surface area contributed by atoms with E-state index >= 15 is 0 Å². The van der Waals surface area contributed by atoms with Gasteiger partial charge in [-0.2, -0.15) is 8.78 Å². The largest absolute Gasteiger partial charge is 0.376 e. The maximum atomic E-state index is 14.0. The SMILES string of the molecule is CCc1cc(Nc2cc(NC(C)=O)ncc2-c2cnc(C3COCCO3)cn2)nc(C(C)(F)F)n1. The van der Waals surface area contributed by atoms with Crippen molar-refractivity contribution in [2.75, 3.05) is 30.5 Å². The first-order valence-corrected chi connectivity index (χ1v) is 11.1. The predicted octanol–water partition coefficient (Wildman–Crippen LogP) is 3.79. The fraction of sp³-hybridized carbons (Fsp3) is 0.391. The third-order valence-corrected chi connectivity index (χ3v) is 5.10. The molecule has 184 valence electrons. The molecule has 0 saturated carbocycles. The molecule has 3 aromatic rings. The number of hydrogen-bond donors (Lipinski definition) is 2. The van der Waals surface area contributed by atoms with E-state index in [1.165, 1.54) is 13.1 Å². The van der Waals surface area contributed by atoms with Crippen LogP contribution in [-0.2, 0) is 26.6 Å². The molecule has 1 saturated heterocycles. The van der Waals surface area contributed by atoms with Crippen LogP contribution in [0.3, 0.4) is 0 Å². The van der Waals surface area contributed by atoms with Gasteiger partial charge in [-0.3, -0.25) is 14.8 Å². The second kappa shape index (κ2) is 10.3. The second-order valence-corrected chi connectivity index (χ2v) is 7.99. The quantitative estimate of drug-likeness (QED) is 0.514. The van der Waals surface area contributed by atoms with Gasteiger partial charge < -0.3 is 20.1 Å². The molecule has 4 rings (SSSR count). The number of aryl methyl sites for hydroxylation is 1. The Labute approximate surface area is 200 Å². The molecule has 3 aromatic heterocycles. The molecular formula is C23H25F2N7O3. The molecule has 0 spiro atoms. The van der Waals surface area contributed by atoms with Gasteiger partial charge >= 0.3 is 5.92 Å². The van der Waals surface area contributed by atoms with E-state index in [0.717, 1.165) is 6.92 Å². The van der Waals surface area contributed by atoms with Crippen molar-refractivity contribution in [3.05, 3.63) is 47.9 Å². The highest BCUT2D eigenvalue weighted by molar-refractivity contribution is 5.89. The molecule has 1 amide bonds. The average Bonchev–Trinajstić information content (AvgIpc) is 2.84. The first-order valence-electron chi connectivity index (χ1n) is 11.1. The Kier molecular flexibility index (Phi) is 7.22. The molecule has 0 bridgehead atoms. The predicted molar refractivity (Wildman–Crippen MR) is 123 cm³/mol. The van der Waals surface area contributed by atoms with Crippen LogP contribution in [0.4, 0.5) is 26.1 Å². The van der Waals surface area contributed by atoms with E-state index in [2.05, 4.69) is 35.6 Å². The van der Waals surface area contributed by atoms with Crippen LogP contribution in [0.5, 0.6) is 0 Å². The van der Waals surface area contributed by atoms with Crippen LogP contribution in [0, 0.1) is 0 Å². The highest BCUT2D eigenvalue weighted by Crippen LogP contribution is 2.32. The van der Waals surface area contributed by atoms with Crippen molar-refractivity contribution in [3.63, 3.8) is 0 Å². The number of pyridine rings is 1. The van der Waals surface area contributed by atoms with Gasteiger partial charge in [-0.15, -0.1) is 0 Å². The zero-order valence-electron chi connectivity index (χ0n) is 19.5. The number of carbonyl (C=O) groups excluding carboxylic acids is 1. The van der Waals surface area contributed by atoms with Crippen LogP contribution in [0.15, 0.2) is 30.7 Å². The Morgan fingerprint density at radius 1 is 1.11 bits per heavy atom. The zero-order valence-corrected chi connectivity index (χ0v) is 19.5. The normalized spacial score (nSPS) is 16.1. The number of aromatic nitrogens is 5. The van der Waals surface area contributed by atoms with E-state index in [0.29, 0.717) is 54.6 Å². The van der Waals surface area contributed by atoms with Crippen LogP contribution >= 0.6 is 0 Å². The summed E-state index contributed by atoms with van der Waals surface area (Å²) in [4.78, 5) is 32.7. The summed E-state index contributed by atoms with van der Waals surface area (Å²) < 4.78 is 39.0. The molecule has 1 aliphatic heterocycles. The molecular weight excluding hydrogens is 460 g/mol. The number of hydrogen-bond acceptors (Lipinski definition) is 9. The Hall–Kier alpha value is -3.64. The van der Waals surface area contributed by atoms with Crippen LogP contribution < -0.4 is 10.6 Å². The molecule has 1 atom stereocenters. The van der Waals surface area contributed by atoms with Gasteiger partial charge in [-0.1, -0.05) is 6.92 Å². The summed E-state index contributed by atoms with van der Waals surface area (Å²) in [6.45, 7) is 5.33. The van der Waals surface area contributed by atoms with E-state index in [4.69, 9.17) is 9.47 Å². The molecule has 2 N–H and O–H groups in total. The lowest BCUT2D eigenvalue weighted by atomic mass is 10.1. The fourth-order valence-electron chi connectivity index (χ4n) is 3.39. The van der Waals surface area contributed by atoms with E-state index in [1.807, 2.05) is 6.92 Å². The van der Waals surface area contributed by atoms with E-state index in [-0.39, 0.29) is 23.6 Å². The Morgan fingerprint density at radius 2 is 1.94 bits per heavy atom. The number of alkyl halides is 2. The minimum atomic E-state index is -3.21. The molecule has 1 fully saturated rings. The molecule has 0 radical (unpaired) electrons. The summed E-state index contributed by atoms with van der Waals surface area (Å²) in [5.74, 6) is -3.66. The molecule has 0 aliphatic carbocycles. The Balaban J connectivity index is 1.71. The minimum Gasteiger partial charge on any atom is -0.376 e. The van der Waals surface area contributed by atoms with Crippen LogP contribution in [0.2, 0.25) is 0 Å². The molecule has 1 unspecified atom stereocenters. The van der Waals surface area contributed by atoms with E-state index in [9.17, 15) is 13.6 Å². The summed E-state index contributed by atoms with van der Waals surface area (Å²) in [7, 11) is 0. The molecule has 12 heteroatoms. The van der Waals surface area contributed by atoms with E-state index in [1.54, 1.807) is 24.5 Å². The van der Waals surface area contributed by atoms with Crippen molar-refractivity contribution in [2.45, 2.75) is 39.2 Å². The van der Waals surface area contributed by atoms with Gasteiger partial charge in [-0.25, -0.2) is 15.0 Å². The molecule has 1 aliphatic rings. The van der Waals surface area contributed by atoms with Crippen LogP contribution in [0.25, 0.3) is 11.3 Å². The standard InChI is InChI=1S/C23H25F2N7O3/c1-4-14-7-21(32-22(30-14)23(3,24)25)31-16-8-20(29-13(2)33)28-9-15(16)17-10-27-18(11-26-17)19-12-34-5-6-35-19/h7-11,19H,4-6,12H2,1-3H3,(H2,28,29,30,31,32,33). The zero-order chi connectivity index (χ0) is 25.0. The van der Waals surface area contributed by atoms with Gasteiger partial charge in [0.05, 0.1) is 49.3 Å². The first-order chi connectivity index (χ1) is 16.7. The van der Waals surface area contributed by atoms with E-state index < -0.39 is 11.7 Å². The highest BCUT2D eigenvalue weighted by atomic mass is 19.3. The van der Waals surface area contributed by atoms with Gasteiger partial charge in [-0.05, 0) is 6.42 Å². The Bertz CT molecular complexity index is 1200.